The molecule has 2 aliphatic rings. The lowest BCUT2D eigenvalue weighted by atomic mass is 9.73. The number of anilines is 2. The number of fused-ring (bicyclic) bond motifs is 6. The predicted octanol–water partition coefficient (Wildman–Crippen LogP) is 11.9. The van der Waals surface area contributed by atoms with Crippen LogP contribution in [-0.4, -0.2) is 24.5 Å². The highest BCUT2D eigenvalue weighted by Gasteiger charge is 2.47. The van der Waals surface area contributed by atoms with Gasteiger partial charge in [0.05, 0.1) is 11.2 Å². The number of rotatable bonds is 6. The first-order valence-electron chi connectivity index (χ1n) is 19.4. The van der Waals surface area contributed by atoms with Crippen LogP contribution in [0.1, 0.15) is 23.7 Å². The van der Waals surface area contributed by atoms with E-state index in [4.69, 9.17) is 19.9 Å². The zero-order valence-electron chi connectivity index (χ0n) is 31.3. The Morgan fingerprint density at radius 1 is 0.491 bits per heavy atom. The summed E-state index contributed by atoms with van der Waals surface area (Å²) in [6.45, 7) is 2.40. The second kappa shape index (κ2) is 13.1. The maximum absolute atomic E-state index is 5.35. The topological polar surface area (TPSA) is 59.7 Å². The number of para-hydroxylation sites is 3. The minimum atomic E-state index is -0.210. The Hall–Kier alpha value is -7.44. The standard InChI is InChI=1S/C51H36N6/c1-51-33-40-39-22-11-13-25-43(39)57(45(40)32-46(51)56(38-20-9-4-10-21-38)44-26-14-12-23-41(44)51)47-27-15-24-42(52-47)50-54-48(36-18-7-3-8-19-36)53-49(55-50)37-30-28-35(29-31-37)34-16-5-2-6-17-34/h2-32H,33H2,1H3. The third kappa shape index (κ3) is 5.40. The molecule has 0 radical (unpaired) electrons. The van der Waals surface area contributed by atoms with Crippen molar-refractivity contribution in [2.75, 3.05) is 4.90 Å². The number of benzene rings is 6. The molecule has 0 fully saturated rings. The van der Waals surface area contributed by atoms with Crippen LogP contribution in [0.15, 0.2) is 188 Å². The molecule has 4 heterocycles. The number of hydrogen-bond acceptors (Lipinski definition) is 5. The van der Waals surface area contributed by atoms with Gasteiger partial charge >= 0.3 is 0 Å². The Balaban J connectivity index is 1.07. The largest absolute Gasteiger partial charge is 0.313 e. The molecule has 6 nitrogen and oxygen atoms in total. The van der Waals surface area contributed by atoms with Gasteiger partial charge in [-0.15, -0.1) is 0 Å². The first kappa shape index (κ1) is 32.9. The fraction of sp³-hybridized carbons (Fsp3) is 0.0588. The Bertz CT molecular complexity index is 2990. The van der Waals surface area contributed by atoms with Gasteiger partial charge in [-0.25, -0.2) is 19.9 Å². The molecule has 0 bridgehead atoms. The van der Waals surface area contributed by atoms with Crippen molar-refractivity contribution in [3.63, 3.8) is 0 Å². The SMILES string of the molecule is CC12Cc3c(n(-c4cccc(-c5nc(-c6ccccc6)nc(-c6ccc(-c7ccccc7)cc6)n5)n4)c4ccccc34)C=C1N(c1ccccc1)c1ccccc12. The summed E-state index contributed by atoms with van der Waals surface area (Å²) in [6, 6.07) is 63.3. The van der Waals surface area contributed by atoms with E-state index in [1.807, 2.05) is 42.5 Å². The van der Waals surface area contributed by atoms with E-state index in [9.17, 15) is 0 Å². The lowest BCUT2D eigenvalue weighted by Gasteiger charge is -2.34. The van der Waals surface area contributed by atoms with E-state index >= 15 is 0 Å². The van der Waals surface area contributed by atoms with Crippen molar-refractivity contribution in [3.8, 4) is 51.2 Å². The molecular formula is C51H36N6. The highest BCUT2D eigenvalue weighted by atomic mass is 15.2. The number of nitrogens with zero attached hydrogens (tertiary/aromatic N) is 6. The molecule has 11 rings (SSSR count). The van der Waals surface area contributed by atoms with Gasteiger partial charge in [-0.1, -0.05) is 146 Å². The van der Waals surface area contributed by atoms with Crippen molar-refractivity contribution in [2.45, 2.75) is 18.8 Å². The summed E-state index contributed by atoms with van der Waals surface area (Å²) in [6.07, 6.45) is 3.26. The van der Waals surface area contributed by atoms with Crippen LogP contribution >= 0.6 is 0 Å². The van der Waals surface area contributed by atoms with E-state index in [0.29, 0.717) is 23.2 Å². The molecule has 0 saturated heterocycles. The second-order valence-corrected chi connectivity index (χ2v) is 14.9. The smallest absolute Gasteiger partial charge is 0.182 e. The van der Waals surface area contributed by atoms with Gasteiger partial charge in [0, 0.05) is 39.0 Å². The summed E-state index contributed by atoms with van der Waals surface area (Å²) in [5.41, 5.74) is 13.2. The molecule has 6 aromatic carbocycles. The van der Waals surface area contributed by atoms with Gasteiger partial charge in [0.15, 0.2) is 17.5 Å². The van der Waals surface area contributed by atoms with Gasteiger partial charge < -0.3 is 4.90 Å². The van der Waals surface area contributed by atoms with Gasteiger partial charge in [0.1, 0.15) is 11.5 Å². The Morgan fingerprint density at radius 3 is 1.82 bits per heavy atom. The molecular weight excluding hydrogens is 697 g/mol. The van der Waals surface area contributed by atoms with Gasteiger partial charge in [0.25, 0.3) is 0 Å². The summed E-state index contributed by atoms with van der Waals surface area (Å²) in [4.78, 5) is 22.9. The first-order chi connectivity index (χ1) is 28.1. The summed E-state index contributed by atoms with van der Waals surface area (Å²) in [5, 5.41) is 1.24. The van der Waals surface area contributed by atoms with Crippen LogP contribution in [0.3, 0.4) is 0 Å². The second-order valence-electron chi connectivity index (χ2n) is 14.9. The average Bonchev–Trinajstić information content (AvgIpc) is 3.74. The zero-order valence-corrected chi connectivity index (χ0v) is 31.3. The van der Waals surface area contributed by atoms with Gasteiger partial charge in [-0.2, -0.15) is 0 Å². The maximum atomic E-state index is 5.35. The van der Waals surface area contributed by atoms with Crippen LogP contribution in [0.4, 0.5) is 11.4 Å². The van der Waals surface area contributed by atoms with Gasteiger partial charge in [0.2, 0.25) is 0 Å². The molecule has 0 amide bonds. The molecule has 0 saturated carbocycles. The highest BCUT2D eigenvalue weighted by molar-refractivity contribution is 5.94. The van der Waals surface area contributed by atoms with E-state index in [0.717, 1.165) is 51.4 Å². The summed E-state index contributed by atoms with van der Waals surface area (Å²) < 4.78 is 2.31. The van der Waals surface area contributed by atoms with E-state index in [1.54, 1.807) is 0 Å². The molecule has 9 aromatic rings. The molecule has 0 spiro atoms. The Kier molecular flexibility index (Phi) is 7.57. The molecule has 1 atom stereocenters. The van der Waals surface area contributed by atoms with Crippen LogP contribution in [0, 0.1) is 0 Å². The first-order valence-corrected chi connectivity index (χ1v) is 19.4. The third-order valence-corrected chi connectivity index (χ3v) is 11.5. The van der Waals surface area contributed by atoms with E-state index in [2.05, 4.69) is 162 Å². The van der Waals surface area contributed by atoms with Crippen molar-refractivity contribution in [1.82, 2.24) is 24.5 Å². The van der Waals surface area contributed by atoms with Crippen molar-refractivity contribution in [1.29, 1.82) is 0 Å². The number of pyridine rings is 1. The number of allylic oxidation sites excluding steroid dienone is 1. The maximum Gasteiger partial charge on any atom is 0.182 e. The summed E-state index contributed by atoms with van der Waals surface area (Å²) in [7, 11) is 0. The summed E-state index contributed by atoms with van der Waals surface area (Å²) >= 11 is 0. The summed E-state index contributed by atoms with van der Waals surface area (Å²) in [5.74, 6) is 2.53. The molecule has 6 heteroatoms. The molecule has 57 heavy (non-hydrogen) atoms. The molecule has 1 unspecified atom stereocenters. The average molecular weight is 733 g/mol. The molecule has 3 aromatic heterocycles. The Labute approximate surface area is 331 Å². The normalized spacial score (nSPS) is 15.5. The molecule has 1 aliphatic carbocycles. The predicted molar refractivity (Wildman–Crippen MR) is 230 cm³/mol. The van der Waals surface area contributed by atoms with E-state index < -0.39 is 0 Å². The number of aromatic nitrogens is 5. The minimum absolute atomic E-state index is 0.210. The van der Waals surface area contributed by atoms with Crippen LogP contribution in [0.2, 0.25) is 0 Å². The van der Waals surface area contributed by atoms with Crippen molar-refractivity contribution in [3.05, 3.63) is 205 Å². The lowest BCUT2D eigenvalue weighted by molar-refractivity contribution is 0.567. The van der Waals surface area contributed by atoms with Crippen LogP contribution in [0.5, 0.6) is 0 Å². The molecule has 0 N–H and O–H groups in total. The quantitative estimate of drug-likeness (QED) is 0.170. The zero-order chi connectivity index (χ0) is 37.9. The van der Waals surface area contributed by atoms with E-state index in [1.165, 1.54) is 27.9 Å². The van der Waals surface area contributed by atoms with Gasteiger partial charge in [-0.05, 0) is 78.1 Å². The molecule has 1 aliphatic heterocycles. The van der Waals surface area contributed by atoms with Crippen molar-refractivity contribution >= 4 is 28.4 Å². The third-order valence-electron chi connectivity index (χ3n) is 11.5. The molecule has 270 valence electrons. The van der Waals surface area contributed by atoms with Crippen molar-refractivity contribution < 1.29 is 0 Å². The Morgan fingerprint density at radius 2 is 1.07 bits per heavy atom. The lowest BCUT2D eigenvalue weighted by Crippen LogP contribution is -2.31. The fourth-order valence-corrected chi connectivity index (χ4v) is 8.76. The monoisotopic (exact) mass is 732 g/mol. The van der Waals surface area contributed by atoms with Crippen LogP contribution in [-0.2, 0) is 11.8 Å². The highest BCUT2D eigenvalue weighted by Crippen LogP contribution is 2.56. The van der Waals surface area contributed by atoms with E-state index in [-0.39, 0.29) is 5.41 Å². The van der Waals surface area contributed by atoms with Crippen LogP contribution in [0.25, 0.3) is 68.2 Å². The number of hydrogen-bond donors (Lipinski definition) is 0. The fourth-order valence-electron chi connectivity index (χ4n) is 8.76. The van der Waals surface area contributed by atoms with Crippen molar-refractivity contribution in [2.24, 2.45) is 0 Å². The van der Waals surface area contributed by atoms with Crippen LogP contribution < -0.4 is 4.90 Å². The minimum Gasteiger partial charge on any atom is -0.313 e. The van der Waals surface area contributed by atoms with Gasteiger partial charge in [-0.3, -0.25) is 4.57 Å².